The van der Waals surface area contributed by atoms with Gasteiger partial charge < -0.3 is 19.7 Å². The molecule has 0 spiro atoms. The summed E-state index contributed by atoms with van der Waals surface area (Å²) >= 11 is 0. The van der Waals surface area contributed by atoms with E-state index in [1.807, 2.05) is 24.3 Å². The molecule has 1 saturated heterocycles. The molecular weight excluding hydrogens is 386 g/mol. The summed E-state index contributed by atoms with van der Waals surface area (Å²) in [5.74, 6) is 2.83. The van der Waals surface area contributed by atoms with Gasteiger partial charge in [-0.05, 0) is 30.5 Å². The summed E-state index contributed by atoms with van der Waals surface area (Å²) in [7, 11) is 0. The summed E-state index contributed by atoms with van der Waals surface area (Å²) in [4.78, 5) is 27.5. The fourth-order valence-corrected chi connectivity index (χ4v) is 3.75. The third-order valence-corrected chi connectivity index (χ3v) is 5.31. The van der Waals surface area contributed by atoms with Crippen molar-refractivity contribution in [3.05, 3.63) is 48.8 Å². The van der Waals surface area contributed by atoms with E-state index in [-0.39, 0.29) is 18.6 Å². The van der Waals surface area contributed by atoms with Gasteiger partial charge >= 0.3 is 0 Å². The number of hydrogen-bond donors (Lipinski definition) is 1. The normalized spacial score (nSPS) is 17.7. The Labute approximate surface area is 172 Å². The zero-order valence-corrected chi connectivity index (χ0v) is 16.3. The zero-order valence-electron chi connectivity index (χ0n) is 16.3. The van der Waals surface area contributed by atoms with Gasteiger partial charge in [0.25, 0.3) is 0 Å². The Hall–Kier alpha value is -3.69. The van der Waals surface area contributed by atoms with Crippen molar-refractivity contribution in [3.8, 4) is 17.3 Å². The Morgan fingerprint density at radius 2 is 2.03 bits per heavy atom. The van der Waals surface area contributed by atoms with E-state index >= 15 is 0 Å². The molecule has 1 atom stereocenters. The van der Waals surface area contributed by atoms with Crippen LogP contribution in [0.1, 0.15) is 18.4 Å². The minimum absolute atomic E-state index is 0.0444. The van der Waals surface area contributed by atoms with Gasteiger partial charge in [-0.1, -0.05) is 6.07 Å². The molecule has 2 aliphatic rings. The molecule has 0 bridgehead atoms. The van der Waals surface area contributed by atoms with E-state index in [2.05, 4.69) is 30.3 Å². The second-order valence-electron chi connectivity index (χ2n) is 7.27. The maximum atomic E-state index is 12.8. The third-order valence-electron chi connectivity index (χ3n) is 5.31. The van der Waals surface area contributed by atoms with E-state index in [0.717, 1.165) is 42.3 Å². The van der Waals surface area contributed by atoms with Crippen molar-refractivity contribution in [2.75, 3.05) is 24.8 Å². The van der Waals surface area contributed by atoms with Crippen molar-refractivity contribution in [1.29, 1.82) is 0 Å². The fourth-order valence-electron chi connectivity index (χ4n) is 3.75. The molecule has 154 valence electrons. The first-order valence-electron chi connectivity index (χ1n) is 9.84. The SMILES string of the molecule is O=C(NCc1ccc2c(c1)OCO2)C1CCCN(c2cc(-n3cncn3)ncn2)C1. The lowest BCUT2D eigenvalue weighted by atomic mass is 9.97. The van der Waals surface area contributed by atoms with Crippen LogP contribution in [0.15, 0.2) is 43.2 Å². The molecule has 30 heavy (non-hydrogen) atoms. The smallest absolute Gasteiger partial charge is 0.231 e. The van der Waals surface area contributed by atoms with Gasteiger partial charge in [0.2, 0.25) is 12.7 Å². The van der Waals surface area contributed by atoms with Gasteiger partial charge in [0.1, 0.15) is 24.8 Å². The van der Waals surface area contributed by atoms with Crippen LogP contribution in [0, 0.1) is 5.92 Å². The van der Waals surface area contributed by atoms with Gasteiger partial charge in [-0.15, -0.1) is 0 Å². The first kappa shape index (κ1) is 18.3. The summed E-state index contributed by atoms with van der Waals surface area (Å²) in [5, 5.41) is 7.16. The van der Waals surface area contributed by atoms with Gasteiger partial charge in [0.15, 0.2) is 17.3 Å². The number of anilines is 1. The van der Waals surface area contributed by atoms with Crippen LogP contribution in [0.25, 0.3) is 5.82 Å². The summed E-state index contributed by atoms with van der Waals surface area (Å²) in [5.41, 5.74) is 0.980. The van der Waals surface area contributed by atoms with Gasteiger partial charge in [0, 0.05) is 25.7 Å². The molecule has 10 nitrogen and oxygen atoms in total. The number of rotatable bonds is 5. The zero-order chi connectivity index (χ0) is 20.3. The predicted molar refractivity (Wildman–Crippen MR) is 106 cm³/mol. The molecule has 0 radical (unpaired) electrons. The van der Waals surface area contributed by atoms with Crippen LogP contribution >= 0.6 is 0 Å². The molecule has 2 aromatic heterocycles. The van der Waals surface area contributed by atoms with E-state index < -0.39 is 0 Å². The highest BCUT2D eigenvalue weighted by Crippen LogP contribution is 2.32. The highest BCUT2D eigenvalue weighted by atomic mass is 16.7. The van der Waals surface area contributed by atoms with E-state index in [9.17, 15) is 4.79 Å². The summed E-state index contributed by atoms with van der Waals surface area (Å²) in [6.07, 6.45) is 6.34. The van der Waals surface area contributed by atoms with Gasteiger partial charge in [-0.25, -0.2) is 19.6 Å². The Morgan fingerprint density at radius 3 is 2.93 bits per heavy atom. The quantitative estimate of drug-likeness (QED) is 0.675. The number of fused-ring (bicyclic) bond motifs is 1. The molecule has 0 aliphatic carbocycles. The molecule has 1 unspecified atom stereocenters. The van der Waals surface area contributed by atoms with Gasteiger partial charge in [0.05, 0.1) is 5.92 Å². The predicted octanol–water partition coefficient (Wildman–Crippen LogP) is 1.32. The molecule has 1 amide bonds. The molecule has 0 saturated carbocycles. The first-order chi connectivity index (χ1) is 14.8. The number of nitrogens with zero attached hydrogens (tertiary/aromatic N) is 6. The van der Waals surface area contributed by atoms with E-state index in [0.29, 0.717) is 18.9 Å². The maximum absolute atomic E-state index is 12.8. The Morgan fingerprint density at radius 1 is 1.13 bits per heavy atom. The number of hydrogen-bond acceptors (Lipinski definition) is 8. The van der Waals surface area contributed by atoms with Crippen LogP contribution < -0.4 is 19.7 Å². The number of nitrogens with one attached hydrogen (secondary N) is 1. The second kappa shape index (κ2) is 7.97. The van der Waals surface area contributed by atoms with Crippen LogP contribution in [-0.4, -0.2) is 50.5 Å². The monoisotopic (exact) mass is 407 g/mol. The summed E-state index contributed by atoms with van der Waals surface area (Å²) < 4.78 is 12.3. The Balaban J connectivity index is 1.22. The van der Waals surface area contributed by atoms with Crippen molar-refractivity contribution in [2.24, 2.45) is 5.92 Å². The minimum Gasteiger partial charge on any atom is -0.454 e. The maximum Gasteiger partial charge on any atom is 0.231 e. The van der Waals surface area contributed by atoms with Gasteiger partial charge in [-0.3, -0.25) is 4.79 Å². The van der Waals surface area contributed by atoms with E-state index in [1.165, 1.54) is 12.7 Å². The van der Waals surface area contributed by atoms with E-state index in [1.54, 1.807) is 11.0 Å². The number of piperidine rings is 1. The number of aromatic nitrogens is 5. The van der Waals surface area contributed by atoms with E-state index in [4.69, 9.17) is 9.47 Å². The Kier molecular flexibility index (Phi) is 4.88. The number of carbonyl (C=O) groups is 1. The lowest BCUT2D eigenvalue weighted by molar-refractivity contribution is -0.125. The van der Waals surface area contributed by atoms with Crippen molar-refractivity contribution in [3.63, 3.8) is 0 Å². The largest absolute Gasteiger partial charge is 0.454 e. The minimum atomic E-state index is -0.0995. The number of amides is 1. The first-order valence-corrected chi connectivity index (χ1v) is 9.84. The highest BCUT2D eigenvalue weighted by Gasteiger charge is 2.27. The van der Waals surface area contributed by atoms with Gasteiger partial charge in [-0.2, -0.15) is 5.10 Å². The number of benzene rings is 1. The van der Waals surface area contributed by atoms with Crippen LogP contribution in [0.5, 0.6) is 11.5 Å². The van der Waals surface area contributed by atoms with Crippen molar-refractivity contribution in [2.45, 2.75) is 19.4 Å². The van der Waals surface area contributed by atoms with Crippen molar-refractivity contribution < 1.29 is 14.3 Å². The highest BCUT2D eigenvalue weighted by molar-refractivity contribution is 5.79. The molecule has 1 N–H and O–H groups in total. The average molecular weight is 407 g/mol. The van der Waals surface area contributed by atoms with Crippen LogP contribution in [-0.2, 0) is 11.3 Å². The lowest BCUT2D eigenvalue weighted by Crippen LogP contribution is -2.43. The molecule has 3 aromatic rings. The molecule has 4 heterocycles. The molecular formula is C20H21N7O3. The Bertz CT molecular complexity index is 1040. The number of ether oxygens (including phenoxy) is 2. The molecule has 1 aromatic carbocycles. The fraction of sp³-hybridized carbons (Fsp3) is 0.350. The summed E-state index contributed by atoms with van der Waals surface area (Å²) in [6.45, 7) is 2.15. The molecule has 2 aliphatic heterocycles. The second-order valence-corrected chi connectivity index (χ2v) is 7.27. The van der Waals surface area contributed by atoms with Crippen LogP contribution in [0.2, 0.25) is 0 Å². The van der Waals surface area contributed by atoms with Crippen LogP contribution in [0.3, 0.4) is 0 Å². The van der Waals surface area contributed by atoms with Crippen molar-refractivity contribution >= 4 is 11.7 Å². The molecule has 5 rings (SSSR count). The molecule has 10 heteroatoms. The molecule has 1 fully saturated rings. The number of carbonyl (C=O) groups excluding carboxylic acids is 1. The average Bonchev–Trinajstić information content (AvgIpc) is 3.49. The lowest BCUT2D eigenvalue weighted by Gasteiger charge is -2.32. The topological polar surface area (TPSA) is 107 Å². The standard InChI is InChI=1S/C20H21N7O3/c28-20(22-8-14-3-4-16-17(6-14)30-13-29-16)15-2-1-5-26(9-15)18-7-19(24-11-23-18)27-12-21-10-25-27/h3-4,6-7,10-12,15H,1-2,5,8-9,13H2,(H,22,28). The van der Waals surface area contributed by atoms with Crippen LogP contribution in [0.4, 0.5) is 5.82 Å². The summed E-state index contributed by atoms with van der Waals surface area (Å²) in [6, 6.07) is 7.57. The third kappa shape index (κ3) is 3.76. The van der Waals surface area contributed by atoms with Crippen molar-refractivity contribution in [1.82, 2.24) is 30.0 Å².